The number of hydrogen-bond acceptors (Lipinski definition) is 5. The summed E-state index contributed by atoms with van der Waals surface area (Å²) in [5.74, 6) is 0.677. The quantitative estimate of drug-likeness (QED) is 0.647. The molecule has 0 N–H and O–H groups in total. The van der Waals surface area contributed by atoms with Gasteiger partial charge in [-0.05, 0) is 25.4 Å². The van der Waals surface area contributed by atoms with E-state index >= 15 is 0 Å². The number of rotatable bonds is 5. The summed E-state index contributed by atoms with van der Waals surface area (Å²) in [5.41, 5.74) is 0. The third-order valence-electron chi connectivity index (χ3n) is 1.94. The summed E-state index contributed by atoms with van der Waals surface area (Å²) >= 11 is 1.73. The number of carbonyl (C=O) groups is 1. The molecular weight excluding hydrogens is 202 g/mol. The average molecular weight is 217 g/mol. The second-order valence-corrected chi connectivity index (χ2v) is 3.89. The molecule has 14 heavy (non-hydrogen) atoms. The second-order valence-electron chi connectivity index (χ2n) is 2.91. The maximum Gasteiger partial charge on any atom is 0.334 e. The van der Waals surface area contributed by atoms with E-state index in [-0.39, 0.29) is 12.1 Å². The molecule has 1 aliphatic rings. The lowest BCUT2D eigenvalue weighted by Crippen LogP contribution is -2.32. The van der Waals surface area contributed by atoms with E-state index < -0.39 is 6.04 Å². The molecule has 0 amide bonds. The molecule has 0 fully saturated rings. The molecule has 0 spiro atoms. The van der Waals surface area contributed by atoms with Gasteiger partial charge in [0.05, 0.1) is 6.61 Å². The zero-order chi connectivity index (χ0) is 10.4. The highest BCUT2D eigenvalue weighted by Crippen LogP contribution is 2.16. The molecule has 1 heterocycles. The fourth-order valence-electron chi connectivity index (χ4n) is 1.25. The Hall–Kier alpha value is -0.710. The van der Waals surface area contributed by atoms with Crippen molar-refractivity contribution in [1.82, 2.24) is 0 Å². The molecule has 1 aliphatic heterocycles. The van der Waals surface area contributed by atoms with Gasteiger partial charge < -0.3 is 9.47 Å². The molecule has 80 valence electrons. The van der Waals surface area contributed by atoms with Crippen LogP contribution in [0.4, 0.5) is 0 Å². The van der Waals surface area contributed by atoms with E-state index in [2.05, 4.69) is 4.99 Å². The molecular formula is C9H15NO3S. The van der Waals surface area contributed by atoms with Crippen LogP contribution in [0.3, 0.4) is 0 Å². The van der Waals surface area contributed by atoms with Crippen LogP contribution >= 0.6 is 11.8 Å². The molecule has 0 saturated heterocycles. The molecule has 2 unspecified atom stereocenters. The first-order valence-electron chi connectivity index (χ1n) is 4.62. The monoisotopic (exact) mass is 217 g/mol. The van der Waals surface area contributed by atoms with Gasteiger partial charge in [-0.15, -0.1) is 0 Å². The fraction of sp³-hybridized carbons (Fsp3) is 0.778. The second kappa shape index (κ2) is 5.90. The lowest BCUT2D eigenvalue weighted by molar-refractivity contribution is -0.146. The van der Waals surface area contributed by atoms with Gasteiger partial charge in [0.1, 0.15) is 6.10 Å². The van der Waals surface area contributed by atoms with Crippen molar-refractivity contribution in [3.8, 4) is 0 Å². The molecule has 0 saturated carbocycles. The SMILES string of the molecule is CCOC(=O)C1N=COC1CCSC. The minimum atomic E-state index is -0.456. The lowest BCUT2D eigenvalue weighted by Gasteiger charge is -2.14. The van der Waals surface area contributed by atoms with Crippen LogP contribution in [0.25, 0.3) is 0 Å². The van der Waals surface area contributed by atoms with E-state index in [0.717, 1.165) is 12.2 Å². The Balaban J connectivity index is 2.41. The standard InChI is InChI=1S/C9H15NO3S/c1-3-12-9(11)8-7(4-5-14-2)13-6-10-8/h6-8H,3-5H2,1-2H3. The van der Waals surface area contributed by atoms with Gasteiger partial charge in [-0.2, -0.15) is 11.8 Å². The first-order valence-corrected chi connectivity index (χ1v) is 6.01. The Morgan fingerprint density at radius 2 is 2.50 bits per heavy atom. The largest absolute Gasteiger partial charge is 0.477 e. The van der Waals surface area contributed by atoms with Gasteiger partial charge in [-0.1, -0.05) is 0 Å². The topological polar surface area (TPSA) is 47.9 Å². The van der Waals surface area contributed by atoms with Crippen LogP contribution in [-0.4, -0.2) is 43.1 Å². The van der Waals surface area contributed by atoms with Crippen LogP contribution in [0.5, 0.6) is 0 Å². The highest BCUT2D eigenvalue weighted by molar-refractivity contribution is 7.98. The van der Waals surface area contributed by atoms with E-state index in [0.29, 0.717) is 6.61 Å². The summed E-state index contributed by atoms with van der Waals surface area (Å²) < 4.78 is 10.1. The highest BCUT2D eigenvalue weighted by Gasteiger charge is 2.33. The molecule has 0 aromatic rings. The van der Waals surface area contributed by atoms with E-state index in [1.807, 2.05) is 6.26 Å². The van der Waals surface area contributed by atoms with Crippen LogP contribution in [0.1, 0.15) is 13.3 Å². The van der Waals surface area contributed by atoms with Gasteiger partial charge >= 0.3 is 5.97 Å². The third-order valence-corrected chi connectivity index (χ3v) is 2.59. The van der Waals surface area contributed by atoms with E-state index in [1.54, 1.807) is 18.7 Å². The molecule has 0 aromatic heterocycles. The summed E-state index contributed by atoms with van der Waals surface area (Å²) in [6.07, 6.45) is 4.06. The predicted octanol–water partition coefficient (Wildman–Crippen LogP) is 1.10. The van der Waals surface area contributed by atoms with Crippen LogP contribution in [-0.2, 0) is 14.3 Å². The molecule has 5 heteroatoms. The molecule has 0 aromatic carbocycles. The molecule has 1 rings (SSSR count). The predicted molar refractivity (Wildman–Crippen MR) is 56.8 cm³/mol. The van der Waals surface area contributed by atoms with Gasteiger partial charge in [0.2, 0.25) is 0 Å². The Labute approximate surface area is 88.1 Å². The van der Waals surface area contributed by atoms with Gasteiger partial charge in [0.25, 0.3) is 0 Å². The zero-order valence-electron chi connectivity index (χ0n) is 8.43. The van der Waals surface area contributed by atoms with Crippen LogP contribution in [0, 0.1) is 0 Å². The van der Waals surface area contributed by atoms with Crippen molar-refractivity contribution in [2.24, 2.45) is 4.99 Å². The maximum absolute atomic E-state index is 11.4. The highest BCUT2D eigenvalue weighted by atomic mass is 32.2. The summed E-state index contributed by atoms with van der Waals surface area (Å²) in [4.78, 5) is 15.4. The van der Waals surface area contributed by atoms with Gasteiger partial charge in [0.15, 0.2) is 12.4 Å². The summed E-state index contributed by atoms with van der Waals surface area (Å²) in [6.45, 7) is 2.18. The molecule has 2 atom stereocenters. The van der Waals surface area contributed by atoms with E-state index in [9.17, 15) is 4.79 Å². The Kier molecular flexibility index (Phi) is 4.79. The normalized spacial score (nSPS) is 24.7. The van der Waals surface area contributed by atoms with Gasteiger partial charge in [0, 0.05) is 0 Å². The maximum atomic E-state index is 11.4. The zero-order valence-corrected chi connectivity index (χ0v) is 9.25. The van der Waals surface area contributed by atoms with Crippen LogP contribution < -0.4 is 0 Å². The minimum Gasteiger partial charge on any atom is -0.477 e. The molecule has 4 nitrogen and oxygen atoms in total. The van der Waals surface area contributed by atoms with Crippen molar-refractivity contribution in [3.05, 3.63) is 0 Å². The average Bonchev–Trinajstić information content (AvgIpc) is 2.63. The van der Waals surface area contributed by atoms with Gasteiger partial charge in [-0.3, -0.25) is 0 Å². The Bertz CT molecular complexity index is 220. The Morgan fingerprint density at radius 1 is 1.71 bits per heavy atom. The van der Waals surface area contributed by atoms with E-state index in [4.69, 9.17) is 9.47 Å². The fourth-order valence-corrected chi connectivity index (χ4v) is 1.72. The summed E-state index contributed by atoms with van der Waals surface area (Å²) in [6, 6.07) is -0.456. The van der Waals surface area contributed by atoms with Crippen molar-refractivity contribution in [3.63, 3.8) is 0 Å². The summed E-state index contributed by atoms with van der Waals surface area (Å²) in [7, 11) is 0. The van der Waals surface area contributed by atoms with E-state index in [1.165, 1.54) is 6.40 Å². The van der Waals surface area contributed by atoms with Gasteiger partial charge in [-0.25, -0.2) is 9.79 Å². The van der Waals surface area contributed by atoms with Crippen LogP contribution in [0.15, 0.2) is 4.99 Å². The number of nitrogens with zero attached hydrogens (tertiary/aromatic N) is 1. The minimum absolute atomic E-state index is 0.138. The number of aliphatic imine (C=N–C) groups is 1. The van der Waals surface area contributed by atoms with Crippen molar-refractivity contribution in [1.29, 1.82) is 0 Å². The number of ether oxygens (including phenoxy) is 2. The molecule has 0 radical (unpaired) electrons. The summed E-state index contributed by atoms with van der Waals surface area (Å²) in [5, 5.41) is 0. The lowest BCUT2D eigenvalue weighted by atomic mass is 10.1. The smallest absolute Gasteiger partial charge is 0.334 e. The third kappa shape index (κ3) is 2.90. The first kappa shape index (κ1) is 11.4. The first-order chi connectivity index (χ1) is 6.79. The molecule has 0 aliphatic carbocycles. The van der Waals surface area contributed by atoms with Crippen molar-refractivity contribution in [2.75, 3.05) is 18.6 Å². The Morgan fingerprint density at radius 3 is 3.14 bits per heavy atom. The van der Waals surface area contributed by atoms with Crippen molar-refractivity contribution in [2.45, 2.75) is 25.5 Å². The number of esters is 1. The van der Waals surface area contributed by atoms with Crippen molar-refractivity contribution < 1.29 is 14.3 Å². The van der Waals surface area contributed by atoms with Crippen molar-refractivity contribution >= 4 is 24.1 Å². The number of hydrogen-bond donors (Lipinski definition) is 0. The molecule has 0 bridgehead atoms. The van der Waals surface area contributed by atoms with Crippen LogP contribution in [0.2, 0.25) is 0 Å². The number of carbonyl (C=O) groups excluding carboxylic acids is 1. The number of thioether (sulfide) groups is 1.